The lowest BCUT2D eigenvalue weighted by Gasteiger charge is -2.13. The molecule has 0 aliphatic carbocycles. The summed E-state index contributed by atoms with van der Waals surface area (Å²) >= 11 is 0. The summed E-state index contributed by atoms with van der Waals surface area (Å²) in [5.74, 6) is 0.522. The monoisotopic (exact) mass is 419 g/mol. The van der Waals surface area contributed by atoms with Crippen molar-refractivity contribution >= 4 is 11.5 Å². The number of hydrogen-bond donors (Lipinski definition) is 0. The first kappa shape index (κ1) is 26.6. The second kappa shape index (κ2) is 14.5. The fraction of sp³-hybridized carbons (Fsp3) is 0.448. The Kier molecular flexibility index (Phi) is 12.4. The van der Waals surface area contributed by atoms with Crippen LogP contribution in [0.5, 0.6) is 0 Å². The maximum absolute atomic E-state index is 11.6. The van der Waals surface area contributed by atoms with Crippen LogP contribution < -0.4 is 0 Å². The minimum absolute atomic E-state index is 0.208. The number of aryl methyl sites for hydroxylation is 2. The van der Waals surface area contributed by atoms with E-state index in [2.05, 4.69) is 65.1 Å². The third-order valence-corrected chi connectivity index (χ3v) is 5.85. The summed E-state index contributed by atoms with van der Waals surface area (Å²) in [6.07, 6.45) is 12.6. The van der Waals surface area contributed by atoms with Crippen LogP contribution in [0.2, 0.25) is 0 Å². The van der Waals surface area contributed by atoms with E-state index in [0.717, 1.165) is 61.9 Å². The molecule has 0 N–H and O–H groups in total. The van der Waals surface area contributed by atoms with E-state index in [1.165, 1.54) is 16.7 Å². The van der Waals surface area contributed by atoms with Gasteiger partial charge in [0.15, 0.2) is 0 Å². The maximum atomic E-state index is 11.6. The van der Waals surface area contributed by atoms with Crippen LogP contribution >= 0.6 is 0 Å². The number of hydrogen-bond acceptors (Lipinski definition) is 2. The van der Waals surface area contributed by atoms with E-state index in [1.54, 1.807) is 13.0 Å². The molecule has 1 aromatic carbocycles. The molecule has 1 atom stereocenters. The van der Waals surface area contributed by atoms with Gasteiger partial charge in [0.1, 0.15) is 5.78 Å². The smallest absolute Gasteiger partial charge is 0.132 e. The SMILES string of the molecule is C=C/C=C(N=C(C)CCc1ccc(C)cc1)\C(C=C)=C(/C)CCCCC(CC)C(C)=O. The van der Waals surface area contributed by atoms with Crippen molar-refractivity contribution in [1.29, 1.82) is 0 Å². The van der Waals surface area contributed by atoms with E-state index in [9.17, 15) is 4.79 Å². The van der Waals surface area contributed by atoms with Crippen molar-refractivity contribution in [2.24, 2.45) is 10.9 Å². The number of ketones is 1. The van der Waals surface area contributed by atoms with Gasteiger partial charge in [0.05, 0.1) is 5.70 Å². The van der Waals surface area contributed by atoms with Crippen LogP contribution in [-0.4, -0.2) is 11.5 Å². The molecule has 0 amide bonds. The highest BCUT2D eigenvalue weighted by Crippen LogP contribution is 2.24. The lowest BCUT2D eigenvalue weighted by atomic mass is 9.93. The van der Waals surface area contributed by atoms with Crippen LogP contribution in [0.3, 0.4) is 0 Å². The van der Waals surface area contributed by atoms with Gasteiger partial charge in [0.2, 0.25) is 0 Å². The Morgan fingerprint density at radius 2 is 1.74 bits per heavy atom. The van der Waals surface area contributed by atoms with Crippen molar-refractivity contribution in [3.8, 4) is 0 Å². The van der Waals surface area contributed by atoms with Gasteiger partial charge < -0.3 is 0 Å². The molecule has 0 aliphatic heterocycles. The van der Waals surface area contributed by atoms with Crippen molar-refractivity contribution in [3.05, 3.63) is 83.6 Å². The molecule has 31 heavy (non-hydrogen) atoms. The van der Waals surface area contributed by atoms with Crippen molar-refractivity contribution < 1.29 is 4.79 Å². The minimum atomic E-state index is 0.208. The number of unbranched alkanes of at least 4 members (excludes halogenated alkanes) is 1. The summed E-state index contributed by atoms with van der Waals surface area (Å²) in [6.45, 7) is 18.1. The van der Waals surface area contributed by atoms with Gasteiger partial charge in [-0.05, 0) is 83.4 Å². The van der Waals surface area contributed by atoms with E-state index >= 15 is 0 Å². The summed E-state index contributed by atoms with van der Waals surface area (Å²) in [5, 5.41) is 0. The first-order chi connectivity index (χ1) is 14.8. The Morgan fingerprint density at radius 3 is 2.29 bits per heavy atom. The van der Waals surface area contributed by atoms with E-state index < -0.39 is 0 Å². The first-order valence-electron chi connectivity index (χ1n) is 11.6. The molecule has 1 rings (SSSR count). The maximum Gasteiger partial charge on any atom is 0.132 e. The lowest BCUT2D eigenvalue weighted by molar-refractivity contribution is -0.121. The zero-order valence-electron chi connectivity index (χ0n) is 20.3. The molecule has 2 nitrogen and oxygen atoms in total. The number of benzene rings is 1. The van der Waals surface area contributed by atoms with Crippen LogP contribution in [-0.2, 0) is 11.2 Å². The topological polar surface area (TPSA) is 29.4 Å². The second-order valence-electron chi connectivity index (χ2n) is 8.48. The molecule has 0 aromatic heterocycles. The number of Topliss-reactive ketones (excluding diaryl/α,β-unsaturated/α-hetero) is 1. The third kappa shape index (κ3) is 9.91. The van der Waals surface area contributed by atoms with Gasteiger partial charge in [-0.2, -0.15) is 0 Å². The van der Waals surface area contributed by atoms with Crippen molar-refractivity contribution in [1.82, 2.24) is 0 Å². The lowest BCUT2D eigenvalue weighted by Crippen LogP contribution is -2.09. The summed E-state index contributed by atoms with van der Waals surface area (Å²) in [5.41, 5.74) is 7.03. The molecule has 0 aliphatic rings. The largest absolute Gasteiger partial charge is 0.300 e. The van der Waals surface area contributed by atoms with E-state index in [4.69, 9.17) is 4.99 Å². The van der Waals surface area contributed by atoms with Crippen LogP contribution in [0, 0.1) is 12.8 Å². The Hall–Kier alpha value is -2.48. The van der Waals surface area contributed by atoms with Crippen LogP contribution in [0.25, 0.3) is 0 Å². The van der Waals surface area contributed by atoms with Crippen LogP contribution in [0.15, 0.2) is 77.5 Å². The van der Waals surface area contributed by atoms with Gasteiger partial charge in [-0.1, -0.05) is 74.1 Å². The highest BCUT2D eigenvalue weighted by Gasteiger charge is 2.11. The number of allylic oxidation sites excluding steroid dienone is 4. The predicted molar refractivity (Wildman–Crippen MR) is 137 cm³/mol. The van der Waals surface area contributed by atoms with Gasteiger partial charge >= 0.3 is 0 Å². The number of carbonyl (C=O) groups is 1. The Morgan fingerprint density at radius 1 is 1.06 bits per heavy atom. The van der Waals surface area contributed by atoms with Gasteiger partial charge in [-0.15, -0.1) is 0 Å². The molecule has 2 heteroatoms. The molecule has 0 saturated heterocycles. The molecule has 1 unspecified atom stereocenters. The Labute approximate surface area is 190 Å². The number of nitrogens with zero attached hydrogens (tertiary/aromatic N) is 1. The highest BCUT2D eigenvalue weighted by atomic mass is 16.1. The number of aliphatic imine (C=N–C) groups is 1. The highest BCUT2D eigenvalue weighted by molar-refractivity contribution is 5.83. The van der Waals surface area contributed by atoms with Gasteiger partial charge in [-0.3, -0.25) is 9.79 Å². The number of carbonyl (C=O) groups excluding carboxylic acids is 1. The van der Waals surface area contributed by atoms with Gasteiger partial charge in [-0.25, -0.2) is 0 Å². The van der Waals surface area contributed by atoms with Crippen molar-refractivity contribution in [2.75, 3.05) is 0 Å². The average molecular weight is 420 g/mol. The molecule has 0 radical (unpaired) electrons. The molecule has 1 aromatic rings. The van der Waals surface area contributed by atoms with Crippen molar-refractivity contribution in [3.63, 3.8) is 0 Å². The zero-order valence-corrected chi connectivity index (χ0v) is 20.3. The molecule has 0 spiro atoms. The molecule has 0 saturated carbocycles. The first-order valence-corrected chi connectivity index (χ1v) is 11.6. The Bertz CT molecular complexity index is 821. The normalized spacial score (nSPS) is 14.1. The predicted octanol–water partition coefficient (Wildman–Crippen LogP) is 8.14. The molecule has 0 bridgehead atoms. The summed E-state index contributed by atoms with van der Waals surface area (Å²) in [4.78, 5) is 16.5. The van der Waals surface area contributed by atoms with E-state index in [1.807, 2.05) is 12.2 Å². The third-order valence-electron chi connectivity index (χ3n) is 5.85. The molecule has 0 fully saturated rings. The summed E-state index contributed by atoms with van der Waals surface area (Å²) < 4.78 is 0. The van der Waals surface area contributed by atoms with Crippen LogP contribution in [0.1, 0.15) is 77.3 Å². The summed E-state index contributed by atoms with van der Waals surface area (Å²) in [6, 6.07) is 8.70. The number of rotatable bonds is 14. The van der Waals surface area contributed by atoms with Gasteiger partial charge in [0.25, 0.3) is 0 Å². The Balaban J connectivity index is 2.81. The fourth-order valence-electron chi connectivity index (χ4n) is 3.75. The second-order valence-corrected chi connectivity index (χ2v) is 8.48. The van der Waals surface area contributed by atoms with E-state index in [0.29, 0.717) is 5.78 Å². The molecular weight excluding hydrogens is 378 g/mol. The zero-order chi connectivity index (χ0) is 23.2. The molecule has 0 heterocycles. The minimum Gasteiger partial charge on any atom is -0.300 e. The fourth-order valence-corrected chi connectivity index (χ4v) is 3.75. The molecular formula is C29H41NO. The van der Waals surface area contributed by atoms with Crippen LogP contribution in [0.4, 0.5) is 0 Å². The van der Waals surface area contributed by atoms with E-state index in [-0.39, 0.29) is 5.92 Å². The van der Waals surface area contributed by atoms with Crippen molar-refractivity contribution in [2.45, 2.75) is 79.6 Å². The average Bonchev–Trinajstić information content (AvgIpc) is 2.73. The molecule has 168 valence electrons. The summed E-state index contributed by atoms with van der Waals surface area (Å²) in [7, 11) is 0. The standard InChI is InChI=1S/C29H41NO/c1-8-13-29(30-24(6)18-21-26-19-16-22(4)17-20-26)28(10-3)23(5)14-11-12-15-27(9-2)25(7)31/h8,10,13,16-17,19-20,27H,1,3,9,11-12,14-15,18,21H2,2,4-7H3/b28-23+,29-13+,30-24?. The van der Waals surface area contributed by atoms with Gasteiger partial charge in [0, 0.05) is 11.6 Å². The quantitative estimate of drug-likeness (QED) is 0.170.